The van der Waals surface area contributed by atoms with Crippen LogP contribution in [-0.4, -0.2) is 7.85 Å². The van der Waals surface area contributed by atoms with E-state index in [1.807, 2.05) is 6.07 Å². The van der Waals surface area contributed by atoms with Gasteiger partial charge in [-0.15, -0.1) is 0 Å². The van der Waals surface area contributed by atoms with Gasteiger partial charge in [0, 0.05) is 10.4 Å². The lowest BCUT2D eigenvalue weighted by molar-refractivity contribution is 1.45. The molecule has 0 aliphatic carbocycles. The van der Waals surface area contributed by atoms with Crippen molar-refractivity contribution in [1.29, 1.82) is 0 Å². The third-order valence-electron chi connectivity index (χ3n) is 1.21. The first-order chi connectivity index (χ1) is 4.74. The summed E-state index contributed by atoms with van der Waals surface area (Å²) >= 11 is 9.11. The molecule has 0 saturated carbocycles. The van der Waals surface area contributed by atoms with E-state index in [2.05, 4.69) is 15.9 Å². The third kappa shape index (κ3) is 1.77. The van der Waals surface area contributed by atoms with Crippen molar-refractivity contribution in [1.82, 2.24) is 0 Å². The Labute approximate surface area is 75.1 Å². The van der Waals surface area contributed by atoms with Crippen LogP contribution >= 0.6 is 27.5 Å². The van der Waals surface area contributed by atoms with Gasteiger partial charge in [-0.1, -0.05) is 45.1 Å². The fourth-order valence-electron chi connectivity index (χ4n) is 0.697. The van der Waals surface area contributed by atoms with Gasteiger partial charge in [-0.3, -0.25) is 0 Å². The SMILES string of the molecule is [B]c1ccc(Cl)c(CBr)c1. The Morgan fingerprint density at radius 2 is 2.20 bits per heavy atom. The van der Waals surface area contributed by atoms with E-state index in [0.717, 1.165) is 21.4 Å². The number of hydrogen-bond acceptors (Lipinski definition) is 0. The van der Waals surface area contributed by atoms with Gasteiger partial charge in [0.15, 0.2) is 0 Å². The Hall–Kier alpha value is 0.0549. The predicted molar refractivity (Wildman–Crippen MR) is 49.5 cm³/mol. The fraction of sp³-hybridized carbons (Fsp3) is 0.143. The number of benzene rings is 1. The summed E-state index contributed by atoms with van der Waals surface area (Å²) in [6.45, 7) is 0. The largest absolute Gasteiger partial charge is 0.113 e. The molecule has 0 heterocycles. The molecule has 0 aliphatic heterocycles. The average Bonchev–Trinajstić information content (AvgIpc) is 1.94. The summed E-state index contributed by atoms with van der Waals surface area (Å²) in [5, 5.41) is 1.50. The third-order valence-corrected chi connectivity index (χ3v) is 2.19. The van der Waals surface area contributed by atoms with Gasteiger partial charge >= 0.3 is 0 Å². The summed E-state index contributed by atoms with van der Waals surface area (Å²) in [6.07, 6.45) is 0. The van der Waals surface area contributed by atoms with E-state index in [4.69, 9.17) is 19.4 Å². The molecular weight excluding hydrogens is 210 g/mol. The van der Waals surface area contributed by atoms with Crippen LogP contribution in [-0.2, 0) is 5.33 Å². The highest BCUT2D eigenvalue weighted by Crippen LogP contribution is 2.15. The molecule has 0 nitrogen and oxygen atoms in total. The minimum atomic E-state index is 0.747. The number of rotatable bonds is 1. The highest BCUT2D eigenvalue weighted by Gasteiger charge is 1.96. The van der Waals surface area contributed by atoms with Crippen LogP contribution in [0, 0.1) is 0 Å². The van der Waals surface area contributed by atoms with Crippen LogP contribution in [0.15, 0.2) is 18.2 Å². The zero-order valence-corrected chi connectivity index (χ0v) is 7.61. The average molecular weight is 215 g/mol. The minimum Gasteiger partial charge on any atom is -0.0963 e. The van der Waals surface area contributed by atoms with Crippen LogP contribution in [0.5, 0.6) is 0 Å². The van der Waals surface area contributed by atoms with Crippen molar-refractivity contribution >= 4 is 40.8 Å². The van der Waals surface area contributed by atoms with E-state index in [1.165, 1.54) is 0 Å². The molecule has 1 rings (SSSR count). The van der Waals surface area contributed by atoms with Crippen LogP contribution in [0.4, 0.5) is 0 Å². The molecule has 0 bridgehead atoms. The Kier molecular flexibility index (Phi) is 2.81. The Bertz CT molecular complexity index is 237. The van der Waals surface area contributed by atoms with E-state index < -0.39 is 0 Å². The molecule has 0 atom stereocenters. The van der Waals surface area contributed by atoms with Crippen LogP contribution < -0.4 is 5.46 Å². The maximum atomic E-state index is 5.81. The van der Waals surface area contributed by atoms with Crippen LogP contribution in [0.2, 0.25) is 5.02 Å². The van der Waals surface area contributed by atoms with E-state index in [1.54, 1.807) is 12.1 Å². The Morgan fingerprint density at radius 1 is 1.50 bits per heavy atom. The van der Waals surface area contributed by atoms with Gasteiger partial charge in [-0.05, 0) is 11.6 Å². The van der Waals surface area contributed by atoms with Crippen molar-refractivity contribution in [2.45, 2.75) is 5.33 Å². The number of halogens is 2. The molecule has 0 aromatic heterocycles. The van der Waals surface area contributed by atoms with Gasteiger partial charge in [0.2, 0.25) is 0 Å². The topological polar surface area (TPSA) is 0 Å². The van der Waals surface area contributed by atoms with Gasteiger partial charge in [0.25, 0.3) is 0 Å². The van der Waals surface area contributed by atoms with Crippen molar-refractivity contribution in [2.24, 2.45) is 0 Å². The minimum absolute atomic E-state index is 0.747. The molecule has 1 aromatic rings. The van der Waals surface area contributed by atoms with E-state index >= 15 is 0 Å². The van der Waals surface area contributed by atoms with Crippen molar-refractivity contribution in [3.05, 3.63) is 28.8 Å². The van der Waals surface area contributed by atoms with Gasteiger partial charge in [-0.25, -0.2) is 0 Å². The van der Waals surface area contributed by atoms with Crippen molar-refractivity contribution < 1.29 is 0 Å². The first-order valence-corrected chi connectivity index (χ1v) is 4.34. The molecule has 0 amide bonds. The number of alkyl halides is 1. The molecule has 0 saturated heterocycles. The maximum Gasteiger partial charge on any atom is 0.113 e. The van der Waals surface area contributed by atoms with E-state index in [0.29, 0.717) is 0 Å². The monoisotopic (exact) mass is 214 g/mol. The van der Waals surface area contributed by atoms with Gasteiger partial charge in [0.05, 0.1) is 0 Å². The molecule has 0 unspecified atom stereocenters. The first kappa shape index (κ1) is 8.15. The molecule has 0 aliphatic rings. The molecule has 2 radical (unpaired) electrons. The number of hydrogen-bond donors (Lipinski definition) is 0. The molecule has 0 spiro atoms. The van der Waals surface area contributed by atoms with Crippen LogP contribution in [0.25, 0.3) is 0 Å². The van der Waals surface area contributed by atoms with Gasteiger partial charge in [-0.2, -0.15) is 0 Å². The second-order valence-corrected chi connectivity index (χ2v) is 2.95. The predicted octanol–water partition coefficient (Wildman–Crippen LogP) is 2.03. The van der Waals surface area contributed by atoms with Crippen LogP contribution in [0.1, 0.15) is 5.56 Å². The lowest BCUT2D eigenvalue weighted by Crippen LogP contribution is -2.01. The fourth-order valence-corrected chi connectivity index (χ4v) is 1.51. The molecule has 0 fully saturated rings. The summed E-state index contributed by atoms with van der Waals surface area (Å²) < 4.78 is 0. The smallest absolute Gasteiger partial charge is 0.0963 e. The standard InChI is InChI=1S/C7H5BBrCl/c8-6-1-2-7(10)5(3-6)4-9/h1-3H,4H2. The Balaban J connectivity index is 3.09. The highest BCUT2D eigenvalue weighted by molar-refractivity contribution is 9.08. The maximum absolute atomic E-state index is 5.81. The van der Waals surface area contributed by atoms with Gasteiger partial charge < -0.3 is 0 Å². The normalized spacial score (nSPS) is 9.80. The summed E-state index contributed by atoms with van der Waals surface area (Å²) in [4.78, 5) is 0. The van der Waals surface area contributed by atoms with Gasteiger partial charge in [0.1, 0.15) is 7.85 Å². The molecule has 0 N–H and O–H groups in total. The van der Waals surface area contributed by atoms with Crippen molar-refractivity contribution in [3.8, 4) is 0 Å². The zero-order chi connectivity index (χ0) is 7.56. The highest BCUT2D eigenvalue weighted by atomic mass is 79.9. The Morgan fingerprint density at radius 3 is 2.70 bits per heavy atom. The molecular formula is C7H5BBrCl. The van der Waals surface area contributed by atoms with Crippen molar-refractivity contribution in [2.75, 3.05) is 0 Å². The summed E-state index contributed by atoms with van der Waals surface area (Å²) in [7, 11) is 5.52. The summed E-state index contributed by atoms with van der Waals surface area (Å²) in [5.74, 6) is 0. The molecule has 10 heavy (non-hydrogen) atoms. The van der Waals surface area contributed by atoms with E-state index in [-0.39, 0.29) is 0 Å². The quantitative estimate of drug-likeness (QED) is 0.496. The molecule has 3 heteroatoms. The lowest BCUT2D eigenvalue weighted by atomic mass is 9.95. The molecule has 1 aromatic carbocycles. The van der Waals surface area contributed by atoms with Crippen LogP contribution in [0.3, 0.4) is 0 Å². The summed E-state index contributed by atoms with van der Waals surface area (Å²) in [6, 6.07) is 5.44. The summed E-state index contributed by atoms with van der Waals surface area (Å²) in [5.41, 5.74) is 1.78. The van der Waals surface area contributed by atoms with Crippen molar-refractivity contribution in [3.63, 3.8) is 0 Å². The zero-order valence-electron chi connectivity index (χ0n) is 5.27. The lowest BCUT2D eigenvalue weighted by Gasteiger charge is -1.99. The molecule has 50 valence electrons. The second kappa shape index (κ2) is 3.45. The second-order valence-electron chi connectivity index (χ2n) is 1.98. The van der Waals surface area contributed by atoms with E-state index in [9.17, 15) is 0 Å². The first-order valence-electron chi connectivity index (χ1n) is 2.84.